The standard InChI is InChI=1S/C17H20O5/c1-16(2)20-13-14(19-10-11-6-4-3-5-7-11)17(9-8-12(17)18)22-15(13)21-16/h3-7,13-15H,8-10H2,1-2H3/t13-,14?,15?,17-/m0/s1. The lowest BCUT2D eigenvalue weighted by Gasteiger charge is -2.41. The Morgan fingerprint density at radius 2 is 1.95 bits per heavy atom. The molecule has 0 N–H and O–H groups in total. The molecule has 4 rings (SSSR count). The lowest BCUT2D eigenvalue weighted by molar-refractivity contribution is -0.250. The molecular weight excluding hydrogens is 284 g/mol. The highest BCUT2D eigenvalue weighted by atomic mass is 16.8. The van der Waals surface area contributed by atoms with Crippen LogP contribution in [0.25, 0.3) is 0 Å². The molecule has 1 aromatic rings. The maximum Gasteiger partial charge on any atom is 0.191 e. The van der Waals surface area contributed by atoms with Gasteiger partial charge in [-0.05, 0) is 25.8 Å². The number of hydrogen-bond donors (Lipinski definition) is 0. The minimum atomic E-state index is -0.874. The van der Waals surface area contributed by atoms with E-state index in [1.807, 2.05) is 44.2 Å². The van der Waals surface area contributed by atoms with Gasteiger partial charge in [0.25, 0.3) is 0 Å². The topological polar surface area (TPSA) is 54.0 Å². The van der Waals surface area contributed by atoms with Crippen molar-refractivity contribution in [3.63, 3.8) is 0 Å². The molecule has 1 saturated carbocycles. The number of Topliss-reactive ketones (excluding diaryl/α,β-unsaturated/α-hetero) is 1. The molecule has 4 atom stereocenters. The largest absolute Gasteiger partial charge is 0.367 e. The SMILES string of the molecule is CC1(C)OC2O[C@]3(CCC3=O)C(OCc3ccccc3)[C@@H]2O1. The lowest BCUT2D eigenvalue weighted by atomic mass is 9.74. The van der Waals surface area contributed by atoms with Gasteiger partial charge >= 0.3 is 0 Å². The molecule has 1 aromatic carbocycles. The van der Waals surface area contributed by atoms with Crippen molar-refractivity contribution in [3.8, 4) is 0 Å². The van der Waals surface area contributed by atoms with Crippen LogP contribution >= 0.6 is 0 Å². The molecule has 3 fully saturated rings. The van der Waals surface area contributed by atoms with Gasteiger partial charge in [0, 0.05) is 6.42 Å². The van der Waals surface area contributed by atoms with Gasteiger partial charge < -0.3 is 18.9 Å². The summed E-state index contributed by atoms with van der Waals surface area (Å²) in [6, 6.07) is 9.90. The first kappa shape index (κ1) is 14.3. The van der Waals surface area contributed by atoms with Crippen molar-refractivity contribution >= 4 is 5.78 Å². The van der Waals surface area contributed by atoms with E-state index in [4.69, 9.17) is 18.9 Å². The minimum Gasteiger partial charge on any atom is -0.367 e. The van der Waals surface area contributed by atoms with Crippen LogP contribution < -0.4 is 0 Å². The van der Waals surface area contributed by atoms with Crippen LogP contribution in [0.2, 0.25) is 0 Å². The Balaban J connectivity index is 1.55. The number of ether oxygens (including phenoxy) is 4. The number of hydrogen-bond acceptors (Lipinski definition) is 5. The van der Waals surface area contributed by atoms with Crippen molar-refractivity contribution in [2.45, 2.75) is 63.2 Å². The first-order chi connectivity index (χ1) is 10.5. The third kappa shape index (κ3) is 2.12. The van der Waals surface area contributed by atoms with E-state index in [0.717, 1.165) is 5.56 Å². The summed E-state index contributed by atoms with van der Waals surface area (Å²) in [5, 5.41) is 0. The van der Waals surface area contributed by atoms with E-state index in [0.29, 0.717) is 19.4 Å². The van der Waals surface area contributed by atoms with Crippen molar-refractivity contribution in [2.24, 2.45) is 0 Å². The van der Waals surface area contributed by atoms with Gasteiger partial charge in [-0.15, -0.1) is 0 Å². The Bertz CT molecular complexity index is 584. The van der Waals surface area contributed by atoms with Crippen molar-refractivity contribution in [3.05, 3.63) is 35.9 Å². The summed E-state index contributed by atoms with van der Waals surface area (Å²) in [6.07, 6.45) is -0.0943. The molecule has 2 unspecified atom stereocenters. The predicted octanol–water partition coefficient (Wildman–Crippen LogP) is 2.18. The van der Waals surface area contributed by atoms with Crippen LogP contribution in [0, 0.1) is 0 Å². The van der Waals surface area contributed by atoms with Crippen LogP contribution in [-0.4, -0.2) is 35.7 Å². The average Bonchev–Trinajstić information content (AvgIpc) is 2.95. The van der Waals surface area contributed by atoms with E-state index < -0.39 is 23.8 Å². The van der Waals surface area contributed by atoms with Crippen molar-refractivity contribution < 1.29 is 23.7 Å². The smallest absolute Gasteiger partial charge is 0.191 e. The fraction of sp³-hybridized carbons (Fsp3) is 0.588. The van der Waals surface area contributed by atoms with Gasteiger partial charge in [-0.1, -0.05) is 30.3 Å². The second-order valence-electron chi connectivity index (χ2n) is 6.62. The Labute approximate surface area is 129 Å². The summed E-state index contributed by atoms with van der Waals surface area (Å²) in [5.41, 5.74) is 0.187. The summed E-state index contributed by atoms with van der Waals surface area (Å²) >= 11 is 0. The zero-order valence-corrected chi connectivity index (χ0v) is 12.8. The normalized spacial score (nSPS) is 39.0. The third-order valence-electron chi connectivity index (χ3n) is 4.64. The van der Waals surface area contributed by atoms with Crippen LogP contribution in [0.3, 0.4) is 0 Å². The second-order valence-corrected chi connectivity index (χ2v) is 6.62. The number of ketones is 1. The quantitative estimate of drug-likeness (QED) is 0.856. The number of rotatable bonds is 3. The summed E-state index contributed by atoms with van der Waals surface area (Å²) in [6.45, 7) is 4.12. The summed E-state index contributed by atoms with van der Waals surface area (Å²) in [7, 11) is 0. The van der Waals surface area contributed by atoms with E-state index in [2.05, 4.69) is 0 Å². The van der Waals surface area contributed by atoms with Gasteiger partial charge in [0.2, 0.25) is 0 Å². The van der Waals surface area contributed by atoms with Crippen molar-refractivity contribution in [1.82, 2.24) is 0 Å². The van der Waals surface area contributed by atoms with E-state index in [9.17, 15) is 4.79 Å². The Morgan fingerprint density at radius 1 is 1.18 bits per heavy atom. The Hall–Kier alpha value is -1.27. The van der Waals surface area contributed by atoms with Crippen LogP contribution in [0.4, 0.5) is 0 Å². The van der Waals surface area contributed by atoms with Gasteiger partial charge in [0.05, 0.1) is 6.61 Å². The molecule has 22 heavy (non-hydrogen) atoms. The lowest BCUT2D eigenvalue weighted by Crippen LogP contribution is -2.58. The predicted molar refractivity (Wildman–Crippen MR) is 76.9 cm³/mol. The molecule has 0 radical (unpaired) electrons. The zero-order valence-electron chi connectivity index (χ0n) is 12.8. The molecule has 1 spiro atoms. The minimum absolute atomic E-state index is 0.0879. The second kappa shape index (κ2) is 4.86. The van der Waals surface area contributed by atoms with Crippen LogP contribution in [-0.2, 0) is 30.3 Å². The fourth-order valence-corrected chi connectivity index (χ4v) is 3.48. The molecule has 1 aliphatic carbocycles. The Morgan fingerprint density at radius 3 is 2.59 bits per heavy atom. The highest BCUT2D eigenvalue weighted by Gasteiger charge is 2.68. The monoisotopic (exact) mass is 304 g/mol. The van der Waals surface area contributed by atoms with Crippen LogP contribution in [0.1, 0.15) is 32.3 Å². The molecule has 0 bridgehead atoms. The maximum atomic E-state index is 12.2. The van der Waals surface area contributed by atoms with E-state index in [1.54, 1.807) is 0 Å². The van der Waals surface area contributed by atoms with Crippen molar-refractivity contribution in [2.75, 3.05) is 0 Å². The highest BCUT2D eigenvalue weighted by molar-refractivity contribution is 5.94. The van der Waals surface area contributed by atoms with Crippen LogP contribution in [0.15, 0.2) is 30.3 Å². The van der Waals surface area contributed by atoms with E-state index >= 15 is 0 Å². The average molecular weight is 304 g/mol. The Kier molecular flexibility index (Phi) is 3.17. The molecule has 0 aromatic heterocycles. The highest BCUT2D eigenvalue weighted by Crippen LogP contribution is 2.50. The maximum absolute atomic E-state index is 12.2. The number of carbonyl (C=O) groups excluding carboxylic acids is 1. The first-order valence-corrected chi connectivity index (χ1v) is 7.72. The van der Waals surface area contributed by atoms with Gasteiger partial charge in [-0.3, -0.25) is 4.79 Å². The van der Waals surface area contributed by atoms with Crippen molar-refractivity contribution in [1.29, 1.82) is 0 Å². The third-order valence-corrected chi connectivity index (χ3v) is 4.64. The molecule has 2 aliphatic heterocycles. The van der Waals surface area contributed by atoms with Gasteiger partial charge in [0.1, 0.15) is 12.2 Å². The zero-order chi connectivity index (χ0) is 15.4. The molecule has 2 saturated heterocycles. The van der Waals surface area contributed by atoms with Gasteiger partial charge in [0.15, 0.2) is 23.5 Å². The summed E-state index contributed by atoms with van der Waals surface area (Å²) < 4.78 is 23.7. The van der Waals surface area contributed by atoms with Crippen LogP contribution in [0.5, 0.6) is 0 Å². The molecule has 5 nitrogen and oxygen atoms in total. The molecule has 2 heterocycles. The number of benzene rings is 1. The first-order valence-electron chi connectivity index (χ1n) is 7.72. The number of carbonyl (C=O) groups is 1. The fourth-order valence-electron chi connectivity index (χ4n) is 3.48. The van der Waals surface area contributed by atoms with Gasteiger partial charge in [-0.25, -0.2) is 0 Å². The van der Waals surface area contributed by atoms with Gasteiger partial charge in [-0.2, -0.15) is 0 Å². The molecule has 5 heteroatoms. The molecule has 0 amide bonds. The molecule has 3 aliphatic rings. The summed E-state index contributed by atoms with van der Waals surface area (Å²) in [4.78, 5) is 12.2. The van der Waals surface area contributed by atoms with E-state index in [-0.39, 0.29) is 11.9 Å². The number of fused-ring (bicyclic) bond motifs is 1. The summed E-state index contributed by atoms with van der Waals surface area (Å²) in [5.74, 6) is -0.622. The van der Waals surface area contributed by atoms with E-state index in [1.165, 1.54) is 0 Å². The molecule has 118 valence electrons. The molecular formula is C17H20O5.